The first-order valence-corrected chi connectivity index (χ1v) is 10.2. The number of anilines is 2. The van der Waals surface area contributed by atoms with E-state index in [9.17, 15) is 4.79 Å². The summed E-state index contributed by atoms with van der Waals surface area (Å²) in [4.78, 5) is 28.3. The van der Waals surface area contributed by atoms with Crippen LogP contribution in [0, 0.1) is 13.8 Å². The minimum Gasteiger partial charge on any atom is -0.378 e. The monoisotopic (exact) mass is 399 g/mol. The Hall–Kier alpha value is -2.68. The lowest BCUT2D eigenvalue weighted by Crippen LogP contribution is -2.50. The summed E-state index contributed by atoms with van der Waals surface area (Å²) >= 11 is 0. The maximum atomic E-state index is 13.0. The van der Waals surface area contributed by atoms with Gasteiger partial charge in [-0.2, -0.15) is 5.10 Å². The van der Waals surface area contributed by atoms with E-state index in [2.05, 4.69) is 30.0 Å². The molecule has 29 heavy (non-hydrogen) atoms. The highest BCUT2D eigenvalue weighted by atomic mass is 16.5. The zero-order valence-corrected chi connectivity index (χ0v) is 17.4. The van der Waals surface area contributed by atoms with Crippen LogP contribution in [0.2, 0.25) is 0 Å². The smallest absolute Gasteiger partial charge is 0.230 e. The molecule has 2 aliphatic heterocycles. The van der Waals surface area contributed by atoms with Crippen LogP contribution in [-0.4, -0.2) is 83.5 Å². The normalized spacial score (nSPS) is 18.8. The SMILES string of the molecule is Cc1n[nH]c(C)c1C(C)C(=O)N1CCN(c2cc(N3CCOCC3)ncn2)CC1. The molecule has 9 heteroatoms. The number of aromatic nitrogens is 4. The van der Waals surface area contributed by atoms with Crippen LogP contribution in [0.5, 0.6) is 0 Å². The van der Waals surface area contributed by atoms with E-state index >= 15 is 0 Å². The van der Waals surface area contributed by atoms with E-state index < -0.39 is 0 Å². The molecule has 4 rings (SSSR count). The van der Waals surface area contributed by atoms with Gasteiger partial charge in [0.05, 0.1) is 24.8 Å². The van der Waals surface area contributed by atoms with Crippen molar-refractivity contribution in [3.8, 4) is 0 Å². The van der Waals surface area contributed by atoms with Crippen LogP contribution in [0.1, 0.15) is 29.8 Å². The van der Waals surface area contributed by atoms with E-state index in [4.69, 9.17) is 4.74 Å². The number of aromatic amines is 1. The van der Waals surface area contributed by atoms with Crippen LogP contribution in [0.25, 0.3) is 0 Å². The zero-order chi connectivity index (χ0) is 20.4. The lowest BCUT2D eigenvalue weighted by atomic mass is 9.97. The number of H-pyrrole nitrogens is 1. The van der Waals surface area contributed by atoms with E-state index in [-0.39, 0.29) is 11.8 Å². The second-order valence-corrected chi connectivity index (χ2v) is 7.72. The Morgan fingerprint density at radius 2 is 1.66 bits per heavy atom. The van der Waals surface area contributed by atoms with Gasteiger partial charge in [-0.15, -0.1) is 0 Å². The first-order chi connectivity index (χ1) is 14.0. The second kappa shape index (κ2) is 8.36. The summed E-state index contributed by atoms with van der Waals surface area (Å²) in [7, 11) is 0. The summed E-state index contributed by atoms with van der Waals surface area (Å²) in [5.41, 5.74) is 2.89. The summed E-state index contributed by atoms with van der Waals surface area (Å²) in [5.74, 6) is 1.83. The average molecular weight is 399 g/mol. The van der Waals surface area contributed by atoms with E-state index in [1.807, 2.05) is 31.7 Å². The summed E-state index contributed by atoms with van der Waals surface area (Å²) in [6.45, 7) is 12.0. The Morgan fingerprint density at radius 3 is 2.24 bits per heavy atom. The molecule has 2 aliphatic rings. The molecule has 1 unspecified atom stereocenters. The summed E-state index contributed by atoms with van der Waals surface area (Å²) < 4.78 is 5.42. The summed E-state index contributed by atoms with van der Waals surface area (Å²) in [6, 6.07) is 2.05. The third-order valence-electron chi connectivity index (χ3n) is 5.88. The molecule has 1 amide bonds. The molecule has 2 saturated heterocycles. The van der Waals surface area contributed by atoms with Crippen molar-refractivity contribution in [2.24, 2.45) is 0 Å². The number of hydrogen-bond donors (Lipinski definition) is 1. The highest BCUT2D eigenvalue weighted by molar-refractivity contribution is 5.84. The zero-order valence-electron chi connectivity index (χ0n) is 17.4. The lowest BCUT2D eigenvalue weighted by Gasteiger charge is -2.37. The number of amides is 1. The third-order valence-corrected chi connectivity index (χ3v) is 5.88. The van der Waals surface area contributed by atoms with Crippen molar-refractivity contribution in [2.75, 3.05) is 62.3 Å². The molecule has 156 valence electrons. The minimum absolute atomic E-state index is 0.161. The van der Waals surface area contributed by atoms with Crippen molar-refractivity contribution in [3.63, 3.8) is 0 Å². The standard InChI is InChI=1S/C20H29N7O2/c1-14(19-15(2)23-24-16(19)3)20(28)27-6-4-25(5-7-27)17-12-18(22-13-21-17)26-8-10-29-11-9-26/h12-14H,4-11H2,1-3H3,(H,23,24). The molecule has 2 aromatic heterocycles. The molecule has 0 aliphatic carbocycles. The molecule has 0 saturated carbocycles. The van der Waals surface area contributed by atoms with Crippen LogP contribution >= 0.6 is 0 Å². The molecule has 4 heterocycles. The van der Waals surface area contributed by atoms with E-state index in [1.165, 1.54) is 0 Å². The van der Waals surface area contributed by atoms with Crippen LogP contribution in [0.3, 0.4) is 0 Å². The van der Waals surface area contributed by atoms with Gasteiger partial charge < -0.3 is 19.4 Å². The van der Waals surface area contributed by atoms with E-state index in [1.54, 1.807) is 6.33 Å². The van der Waals surface area contributed by atoms with Crippen molar-refractivity contribution < 1.29 is 9.53 Å². The van der Waals surface area contributed by atoms with Gasteiger partial charge in [0, 0.05) is 56.6 Å². The Morgan fingerprint density at radius 1 is 1.03 bits per heavy atom. The van der Waals surface area contributed by atoms with Crippen molar-refractivity contribution >= 4 is 17.5 Å². The predicted molar refractivity (Wildman–Crippen MR) is 110 cm³/mol. The average Bonchev–Trinajstić information content (AvgIpc) is 3.11. The largest absolute Gasteiger partial charge is 0.378 e. The number of aryl methyl sites for hydroxylation is 2. The third kappa shape index (κ3) is 4.05. The number of carbonyl (C=O) groups is 1. The molecule has 2 aromatic rings. The highest BCUT2D eigenvalue weighted by Gasteiger charge is 2.29. The molecule has 9 nitrogen and oxygen atoms in total. The lowest BCUT2D eigenvalue weighted by molar-refractivity contribution is -0.132. The topological polar surface area (TPSA) is 90.5 Å². The fourth-order valence-corrected chi connectivity index (χ4v) is 4.23. The molecule has 1 atom stereocenters. The van der Waals surface area contributed by atoms with Gasteiger partial charge in [-0.05, 0) is 20.8 Å². The van der Waals surface area contributed by atoms with Gasteiger partial charge in [-0.1, -0.05) is 0 Å². The maximum absolute atomic E-state index is 13.0. The molecule has 0 spiro atoms. The molecular weight excluding hydrogens is 370 g/mol. The first-order valence-electron chi connectivity index (χ1n) is 10.2. The molecule has 2 fully saturated rings. The van der Waals surface area contributed by atoms with Gasteiger partial charge in [0.15, 0.2) is 0 Å². The number of piperazine rings is 1. The van der Waals surface area contributed by atoms with Crippen LogP contribution in [0.4, 0.5) is 11.6 Å². The summed E-state index contributed by atoms with van der Waals surface area (Å²) in [6.07, 6.45) is 1.63. The Bertz CT molecular complexity index is 835. The Labute approximate surface area is 171 Å². The van der Waals surface area contributed by atoms with Crippen LogP contribution in [-0.2, 0) is 9.53 Å². The van der Waals surface area contributed by atoms with E-state index in [0.717, 1.165) is 68.0 Å². The van der Waals surface area contributed by atoms with Crippen molar-refractivity contribution in [3.05, 3.63) is 29.3 Å². The fraction of sp³-hybridized carbons (Fsp3) is 0.600. The maximum Gasteiger partial charge on any atom is 0.230 e. The first kappa shape index (κ1) is 19.6. The Balaban J connectivity index is 1.39. The van der Waals surface area contributed by atoms with Gasteiger partial charge in [0.1, 0.15) is 18.0 Å². The highest BCUT2D eigenvalue weighted by Crippen LogP contribution is 2.25. The number of nitrogens with zero attached hydrogens (tertiary/aromatic N) is 6. The predicted octanol–water partition coefficient (Wildman–Crippen LogP) is 1.11. The number of ether oxygens (including phenoxy) is 1. The fourth-order valence-electron chi connectivity index (χ4n) is 4.23. The number of hydrogen-bond acceptors (Lipinski definition) is 7. The number of rotatable bonds is 4. The van der Waals surface area contributed by atoms with Gasteiger partial charge >= 0.3 is 0 Å². The van der Waals surface area contributed by atoms with Crippen LogP contribution < -0.4 is 9.80 Å². The van der Waals surface area contributed by atoms with Gasteiger partial charge in [0.2, 0.25) is 5.91 Å². The molecular formula is C20H29N7O2. The number of carbonyl (C=O) groups excluding carboxylic acids is 1. The van der Waals surface area contributed by atoms with Crippen molar-refractivity contribution in [1.82, 2.24) is 25.1 Å². The van der Waals surface area contributed by atoms with Crippen LogP contribution in [0.15, 0.2) is 12.4 Å². The van der Waals surface area contributed by atoms with Gasteiger partial charge in [0.25, 0.3) is 0 Å². The number of nitrogens with one attached hydrogen (secondary N) is 1. The molecule has 0 radical (unpaired) electrons. The van der Waals surface area contributed by atoms with Crippen molar-refractivity contribution in [1.29, 1.82) is 0 Å². The second-order valence-electron chi connectivity index (χ2n) is 7.72. The van der Waals surface area contributed by atoms with Gasteiger partial charge in [-0.25, -0.2) is 9.97 Å². The Kier molecular flexibility index (Phi) is 5.66. The minimum atomic E-state index is -0.188. The molecule has 0 bridgehead atoms. The van der Waals surface area contributed by atoms with Crippen molar-refractivity contribution in [2.45, 2.75) is 26.7 Å². The molecule has 0 aromatic carbocycles. The van der Waals surface area contributed by atoms with E-state index in [0.29, 0.717) is 13.1 Å². The quantitative estimate of drug-likeness (QED) is 0.823. The number of morpholine rings is 1. The molecule has 1 N–H and O–H groups in total. The van der Waals surface area contributed by atoms with Gasteiger partial charge in [-0.3, -0.25) is 9.89 Å². The summed E-state index contributed by atoms with van der Waals surface area (Å²) in [5, 5.41) is 7.21.